The van der Waals surface area contributed by atoms with Crippen molar-refractivity contribution in [3.8, 4) is 17.0 Å². The Kier molecular flexibility index (Phi) is 4.28. The van der Waals surface area contributed by atoms with Crippen molar-refractivity contribution in [1.82, 2.24) is 4.98 Å². The van der Waals surface area contributed by atoms with Gasteiger partial charge in [-0.3, -0.25) is 4.79 Å². The SMILES string of the molecule is COc1ccc(-c2nc(SCC(N)=O)sc2N)cc1. The lowest BCUT2D eigenvalue weighted by Gasteiger charge is -2.01. The summed E-state index contributed by atoms with van der Waals surface area (Å²) in [4.78, 5) is 15.2. The molecule has 100 valence electrons. The fourth-order valence-corrected chi connectivity index (χ4v) is 3.15. The number of hydrogen-bond acceptors (Lipinski definition) is 6. The number of hydrogen-bond donors (Lipinski definition) is 2. The van der Waals surface area contributed by atoms with E-state index in [1.807, 2.05) is 24.3 Å². The van der Waals surface area contributed by atoms with Crippen LogP contribution >= 0.6 is 23.1 Å². The van der Waals surface area contributed by atoms with Crippen molar-refractivity contribution in [2.45, 2.75) is 4.34 Å². The van der Waals surface area contributed by atoms with Crippen LogP contribution in [-0.4, -0.2) is 23.8 Å². The molecule has 2 rings (SSSR count). The number of thiazole rings is 1. The molecule has 0 aliphatic rings. The van der Waals surface area contributed by atoms with Gasteiger partial charge in [0.25, 0.3) is 0 Å². The normalized spacial score (nSPS) is 10.4. The maximum absolute atomic E-state index is 10.7. The fraction of sp³-hybridized carbons (Fsp3) is 0.167. The summed E-state index contributed by atoms with van der Waals surface area (Å²) in [6, 6.07) is 7.49. The molecule has 0 atom stereocenters. The Labute approximate surface area is 119 Å². The number of methoxy groups -OCH3 is 1. The van der Waals surface area contributed by atoms with E-state index in [1.165, 1.54) is 23.1 Å². The van der Waals surface area contributed by atoms with Gasteiger partial charge in [-0.25, -0.2) is 4.98 Å². The fourth-order valence-electron chi connectivity index (χ4n) is 1.46. The Balaban J connectivity index is 2.21. The van der Waals surface area contributed by atoms with Crippen LogP contribution in [0.15, 0.2) is 28.6 Å². The molecule has 1 heterocycles. The molecule has 0 fully saturated rings. The molecule has 0 radical (unpaired) electrons. The lowest BCUT2D eigenvalue weighted by atomic mass is 10.1. The molecule has 4 N–H and O–H groups in total. The molecular formula is C12H13N3O2S2. The Bertz CT molecular complexity index is 581. The minimum atomic E-state index is -0.371. The first-order valence-electron chi connectivity index (χ1n) is 5.42. The maximum atomic E-state index is 10.7. The molecule has 0 saturated heterocycles. The number of amides is 1. The van der Waals surface area contributed by atoms with Gasteiger partial charge in [0, 0.05) is 5.56 Å². The summed E-state index contributed by atoms with van der Waals surface area (Å²) < 4.78 is 5.84. The van der Waals surface area contributed by atoms with E-state index in [2.05, 4.69) is 4.98 Å². The standard InChI is InChI=1S/C12H13N3O2S2/c1-17-8-4-2-7(3-5-8)10-11(14)19-12(15-10)18-6-9(13)16/h2-5H,6,14H2,1H3,(H2,13,16). The van der Waals surface area contributed by atoms with Crippen molar-refractivity contribution < 1.29 is 9.53 Å². The minimum Gasteiger partial charge on any atom is -0.497 e. The highest BCUT2D eigenvalue weighted by Crippen LogP contribution is 2.35. The van der Waals surface area contributed by atoms with Gasteiger partial charge in [-0.15, -0.1) is 0 Å². The number of primary amides is 1. The molecule has 7 heteroatoms. The van der Waals surface area contributed by atoms with Crippen LogP contribution < -0.4 is 16.2 Å². The third-order valence-corrected chi connectivity index (χ3v) is 4.38. The first-order valence-corrected chi connectivity index (χ1v) is 7.22. The van der Waals surface area contributed by atoms with Gasteiger partial charge >= 0.3 is 0 Å². The van der Waals surface area contributed by atoms with Crippen molar-refractivity contribution in [2.75, 3.05) is 18.6 Å². The summed E-state index contributed by atoms with van der Waals surface area (Å²) in [7, 11) is 1.62. The van der Waals surface area contributed by atoms with E-state index >= 15 is 0 Å². The molecule has 0 unspecified atom stereocenters. The first kappa shape index (κ1) is 13.7. The van der Waals surface area contributed by atoms with Crippen molar-refractivity contribution in [3.63, 3.8) is 0 Å². The number of nitrogen functional groups attached to an aromatic ring is 1. The van der Waals surface area contributed by atoms with E-state index in [4.69, 9.17) is 16.2 Å². The van der Waals surface area contributed by atoms with E-state index < -0.39 is 0 Å². The molecule has 0 spiro atoms. The molecule has 19 heavy (non-hydrogen) atoms. The van der Waals surface area contributed by atoms with Gasteiger partial charge in [0.2, 0.25) is 5.91 Å². The Morgan fingerprint density at radius 3 is 2.68 bits per heavy atom. The molecule has 1 aromatic carbocycles. The number of nitrogens with two attached hydrogens (primary N) is 2. The molecule has 0 aliphatic heterocycles. The smallest absolute Gasteiger partial charge is 0.227 e. The van der Waals surface area contributed by atoms with Gasteiger partial charge in [-0.2, -0.15) is 0 Å². The minimum absolute atomic E-state index is 0.203. The zero-order chi connectivity index (χ0) is 13.8. The van der Waals surface area contributed by atoms with E-state index in [1.54, 1.807) is 7.11 Å². The number of aromatic nitrogens is 1. The van der Waals surface area contributed by atoms with Crippen molar-refractivity contribution in [2.24, 2.45) is 5.73 Å². The van der Waals surface area contributed by atoms with Gasteiger partial charge in [0.1, 0.15) is 16.4 Å². The van der Waals surface area contributed by atoms with Gasteiger partial charge in [-0.05, 0) is 24.3 Å². The van der Waals surface area contributed by atoms with Crippen molar-refractivity contribution in [3.05, 3.63) is 24.3 Å². The Morgan fingerprint density at radius 1 is 1.42 bits per heavy atom. The largest absolute Gasteiger partial charge is 0.497 e. The second-order valence-corrected chi connectivity index (χ2v) is 5.93. The summed E-state index contributed by atoms with van der Waals surface area (Å²) >= 11 is 2.65. The summed E-state index contributed by atoms with van der Waals surface area (Å²) in [5, 5.41) is 0.622. The number of anilines is 1. The number of carbonyl (C=O) groups is 1. The molecule has 1 amide bonds. The van der Waals surface area contributed by atoms with Crippen LogP contribution in [0.25, 0.3) is 11.3 Å². The second-order valence-electron chi connectivity index (χ2n) is 3.68. The van der Waals surface area contributed by atoms with Crippen LogP contribution in [0, 0.1) is 0 Å². The van der Waals surface area contributed by atoms with E-state index in [-0.39, 0.29) is 11.7 Å². The second kappa shape index (κ2) is 5.94. The number of nitrogens with zero attached hydrogens (tertiary/aromatic N) is 1. The molecule has 2 aromatic rings. The predicted octanol–water partition coefficient (Wildman–Crippen LogP) is 1.98. The maximum Gasteiger partial charge on any atom is 0.227 e. The molecule has 0 bridgehead atoms. The van der Waals surface area contributed by atoms with Gasteiger partial charge in [0.15, 0.2) is 4.34 Å². The third kappa shape index (κ3) is 3.39. The summed E-state index contributed by atoms with van der Waals surface area (Å²) in [6.07, 6.45) is 0. The first-order chi connectivity index (χ1) is 9.10. The Hall–Kier alpha value is -1.73. The van der Waals surface area contributed by atoms with Crippen LogP contribution in [-0.2, 0) is 4.79 Å². The summed E-state index contributed by atoms with van der Waals surface area (Å²) in [5.74, 6) is 0.611. The lowest BCUT2D eigenvalue weighted by molar-refractivity contribution is -0.115. The van der Waals surface area contributed by atoms with Gasteiger partial charge in [0.05, 0.1) is 12.9 Å². The quantitative estimate of drug-likeness (QED) is 0.823. The van der Waals surface area contributed by atoms with Crippen molar-refractivity contribution >= 4 is 34.0 Å². The van der Waals surface area contributed by atoms with Gasteiger partial charge < -0.3 is 16.2 Å². The van der Waals surface area contributed by atoms with Crippen LogP contribution in [0.2, 0.25) is 0 Å². The van der Waals surface area contributed by atoms with E-state index in [0.717, 1.165) is 21.3 Å². The topological polar surface area (TPSA) is 91.2 Å². The highest BCUT2D eigenvalue weighted by atomic mass is 32.2. The van der Waals surface area contributed by atoms with Crippen LogP contribution in [0.1, 0.15) is 0 Å². The molecular weight excluding hydrogens is 282 g/mol. The number of thioether (sulfide) groups is 1. The Morgan fingerprint density at radius 2 is 2.11 bits per heavy atom. The van der Waals surface area contributed by atoms with Gasteiger partial charge in [-0.1, -0.05) is 23.1 Å². The van der Waals surface area contributed by atoms with Crippen LogP contribution in [0.3, 0.4) is 0 Å². The van der Waals surface area contributed by atoms with E-state index in [9.17, 15) is 4.79 Å². The number of ether oxygens (including phenoxy) is 1. The monoisotopic (exact) mass is 295 g/mol. The van der Waals surface area contributed by atoms with E-state index in [0.29, 0.717) is 5.00 Å². The zero-order valence-electron chi connectivity index (χ0n) is 10.3. The predicted molar refractivity (Wildman–Crippen MR) is 78.4 cm³/mol. The highest BCUT2D eigenvalue weighted by Gasteiger charge is 2.11. The molecule has 0 aliphatic carbocycles. The highest BCUT2D eigenvalue weighted by molar-refractivity contribution is 8.01. The number of rotatable bonds is 5. The lowest BCUT2D eigenvalue weighted by Crippen LogP contribution is -2.12. The average molecular weight is 295 g/mol. The number of benzene rings is 1. The molecule has 0 saturated carbocycles. The molecule has 1 aromatic heterocycles. The van der Waals surface area contributed by atoms with Crippen LogP contribution in [0.5, 0.6) is 5.75 Å². The summed E-state index contributed by atoms with van der Waals surface area (Å²) in [6.45, 7) is 0. The van der Waals surface area contributed by atoms with Crippen LogP contribution in [0.4, 0.5) is 5.00 Å². The third-order valence-electron chi connectivity index (χ3n) is 2.34. The molecule has 5 nitrogen and oxygen atoms in total. The van der Waals surface area contributed by atoms with Crippen molar-refractivity contribution in [1.29, 1.82) is 0 Å². The average Bonchev–Trinajstić information content (AvgIpc) is 2.78. The summed E-state index contributed by atoms with van der Waals surface area (Å²) in [5.41, 5.74) is 12.7. The number of carbonyl (C=O) groups excluding carboxylic acids is 1. The zero-order valence-corrected chi connectivity index (χ0v) is 11.9.